The lowest BCUT2D eigenvalue weighted by Crippen LogP contribution is -2.53. The molecule has 2 unspecified atom stereocenters. The molecular weight excluding hydrogens is 292 g/mol. The van der Waals surface area contributed by atoms with Crippen LogP contribution >= 0.6 is 11.3 Å². The molecule has 0 aromatic carbocycles. The minimum atomic E-state index is -3.22. The number of hydrogen-bond acceptors (Lipinski definition) is 6. The highest BCUT2D eigenvalue weighted by molar-refractivity contribution is 7.12. The second-order valence-corrected chi connectivity index (χ2v) is 4.86. The number of Topliss-reactive ketones (excluding diaryl/α,β-unsaturated/α-hetero) is 1. The Kier molecular flexibility index (Phi) is 4.58. The average Bonchev–Trinajstić information content (AvgIpc) is 2.80. The molecule has 0 amide bonds. The molecule has 1 aromatic rings. The van der Waals surface area contributed by atoms with E-state index in [-0.39, 0.29) is 4.88 Å². The molecule has 1 rings (SSSR count). The quantitative estimate of drug-likeness (QED) is 0.403. The molecule has 0 aliphatic rings. The van der Waals surface area contributed by atoms with Crippen molar-refractivity contribution in [1.29, 1.82) is 0 Å². The molecule has 1 heterocycles. The number of aliphatic carboxylic acids is 3. The number of thiophene rings is 1. The van der Waals surface area contributed by atoms with E-state index in [2.05, 4.69) is 0 Å². The number of carboxylic acids is 3. The fourth-order valence-corrected chi connectivity index (χ4v) is 2.32. The van der Waals surface area contributed by atoms with Crippen LogP contribution in [0.15, 0.2) is 17.5 Å². The van der Waals surface area contributed by atoms with Crippen LogP contribution in [0.3, 0.4) is 0 Å². The SMILES string of the molecule is O=C(O)CC(O)(C(=O)O)C(C(=O)O)C(=O)c1cccs1. The van der Waals surface area contributed by atoms with E-state index in [1.807, 2.05) is 0 Å². The van der Waals surface area contributed by atoms with E-state index in [0.717, 1.165) is 11.3 Å². The van der Waals surface area contributed by atoms with Gasteiger partial charge in [0.05, 0.1) is 11.3 Å². The number of carbonyl (C=O) groups excluding carboxylic acids is 1. The summed E-state index contributed by atoms with van der Waals surface area (Å²) < 4.78 is 0. The van der Waals surface area contributed by atoms with Gasteiger partial charge in [0, 0.05) is 0 Å². The molecule has 1 aromatic heterocycles. The first kappa shape index (κ1) is 15.8. The third-order valence-electron chi connectivity index (χ3n) is 2.54. The van der Waals surface area contributed by atoms with Crippen LogP contribution in [-0.2, 0) is 14.4 Å². The van der Waals surface area contributed by atoms with Gasteiger partial charge in [0.2, 0.25) is 0 Å². The van der Waals surface area contributed by atoms with Crippen LogP contribution in [0.4, 0.5) is 0 Å². The maximum Gasteiger partial charge on any atom is 0.337 e. The van der Waals surface area contributed by atoms with Crippen LogP contribution in [0.2, 0.25) is 0 Å². The molecule has 9 heteroatoms. The minimum absolute atomic E-state index is 0.0811. The standard InChI is InChI=1S/C11H10O8S/c12-6(13)4-11(19,10(17)18)7(9(15)16)8(14)5-2-1-3-20-5/h1-3,7,19H,4H2,(H,12,13)(H,15,16)(H,17,18). The number of aliphatic hydroxyl groups is 1. The highest BCUT2D eigenvalue weighted by atomic mass is 32.1. The molecule has 8 nitrogen and oxygen atoms in total. The van der Waals surface area contributed by atoms with E-state index in [4.69, 9.17) is 15.3 Å². The second-order valence-electron chi connectivity index (χ2n) is 3.91. The van der Waals surface area contributed by atoms with E-state index in [1.165, 1.54) is 17.5 Å². The fraction of sp³-hybridized carbons (Fsp3) is 0.273. The van der Waals surface area contributed by atoms with Crippen LogP contribution in [0.1, 0.15) is 16.1 Å². The van der Waals surface area contributed by atoms with Crippen LogP contribution in [0, 0.1) is 5.92 Å². The third-order valence-corrected chi connectivity index (χ3v) is 3.43. The average molecular weight is 302 g/mol. The third kappa shape index (κ3) is 3.00. The van der Waals surface area contributed by atoms with Gasteiger partial charge < -0.3 is 20.4 Å². The zero-order valence-electron chi connectivity index (χ0n) is 9.85. The molecule has 108 valence electrons. The van der Waals surface area contributed by atoms with Crippen molar-refractivity contribution in [2.45, 2.75) is 12.0 Å². The highest BCUT2D eigenvalue weighted by Gasteiger charge is 2.54. The summed E-state index contributed by atoms with van der Waals surface area (Å²) >= 11 is 0.859. The second kappa shape index (κ2) is 5.80. The fourth-order valence-electron chi connectivity index (χ4n) is 1.63. The highest BCUT2D eigenvalue weighted by Crippen LogP contribution is 2.28. The Morgan fingerprint density at radius 1 is 1.20 bits per heavy atom. The first-order chi connectivity index (χ1) is 9.20. The van der Waals surface area contributed by atoms with Crippen molar-refractivity contribution in [3.05, 3.63) is 22.4 Å². The predicted octanol–water partition coefficient (Wildman–Crippen LogP) is -0.0780. The van der Waals surface area contributed by atoms with Crippen LogP contribution in [0.25, 0.3) is 0 Å². The Morgan fingerprint density at radius 3 is 2.15 bits per heavy atom. The summed E-state index contributed by atoms with van der Waals surface area (Å²) in [7, 11) is 0. The number of hydrogen-bond donors (Lipinski definition) is 4. The van der Waals surface area contributed by atoms with E-state index < -0.39 is 41.6 Å². The molecular formula is C11H10O8S. The molecule has 0 radical (unpaired) electrons. The lowest BCUT2D eigenvalue weighted by molar-refractivity contribution is -0.175. The molecule has 0 aliphatic carbocycles. The smallest absolute Gasteiger partial charge is 0.337 e. The van der Waals surface area contributed by atoms with Crippen molar-refractivity contribution in [3.8, 4) is 0 Å². The van der Waals surface area contributed by atoms with Gasteiger partial charge in [0.1, 0.15) is 0 Å². The van der Waals surface area contributed by atoms with Crippen molar-refractivity contribution < 1.29 is 39.6 Å². The monoisotopic (exact) mass is 302 g/mol. The van der Waals surface area contributed by atoms with Gasteiger partial charge in [-0.1, -0.05) is 6.07 Å². The first-order valence-corrected chi connectivity index (χ1v) is 6.06. The summed E-state index contributed by atoms with van der Waals surface area (Å²) in [5.41, 5.74) is -3.22. The Labute approximate surface area is 115 Å². The molecule has 0 fully saturated rings. The van der Waals surface area contributed by atoms with E-state index in [9.17, 15) is 24.3 Å². The van der Waals surface area contributed by atoms with Gasteiger partial charge in [0.25, 0.3) is 0 Å². The summed E-state index contributed by atoms with van der Waals surface area (Å²) in [6.07, 6.45) is -1.41. The largest absolute Gasteiger partial charge is 0.481 e. The molecule has 0 spiro atoms. The van der Waals surface area contributed by atoms with Crippen LogP contribution in [0.5, 0.6) is 0 Å². The summed E-state index contributed by atoms with van der Waals surface area (Å²) in [6.45, 7) is 0. The zero-order chi connectivity index (χ0) is 15.5. The molecule has 0 saturated heterocycles. The summed E-state index contributed by atoms with van der Waals surface area (Å²) in [5, 5.41) is 37.9. The van der Waals surface area contributed by atoms with Gasteiger partial charge in [-0.25, -0.2) is 4.79 Å². The number of ketones is 1. The molecule has 0 bridgehead atoms. The molecule has 0 saturated carbocycles. The van der Waals surface area contributed by atoms with Crippen molar-refractivity contribution >= 4 is 35.0 Å². The van der Waals surface area contributed by atoms with Crippen molar-refractivity contribution in [2.24, 2.45) is 5.92 Å². The topological polar surface area (TPSA) is 149 Å². The lowest BCUT2D eigenvalue weighted by Gasteiger charge is -2.26. The van der Waals surface area contributed by atoms with Gasteiger partial charge in [-0.3, -0.25) is 14.4 Å². The maximum atomic E-state index is 12.0. The Bertz CT molecular complexity index is 549. The lowest BCUT2D eigenvalue weighted by atomic mass is 9.81. The maximum absolute atomic E-state index is 12.0. The molecule has 4 N–H and O–H groups in total. The Hall–Kier alpha value is -2.26. The molecule has 20 heavy (non-hydrogen) atoms. The number of rotatable bonds is 7. The predicted molar refractivity (Wildman–Crippen MR) is 64.6 cm³/mol. The molecule has 2 atom stereocenters. The van der Waals surface area contributed by atoms with Gasteiger partial charge in [-0.05, 0) is 11.4 Å². The summed E-state index contributed by atoms with van der Waals surface area (Å²) in [4.78, 5) is 44.7. The van der Waals surface area contributed by atoms with E-state index >= 15 is 0 Å². The summed E-state index contributed by atoms with van der Waals surface area (Å²) in [6, 6.07) is 2.69. The molecule has 0 aliphatic heterocycles. The van der Waals surface area contributed by atoms with E-state index in [0.29, 0.717) is 0 Å². The Morgan fingerprint density at radius 2 is 1.80 bits per heavy atom. The van der Waals surface area contributed by atoms with Crippen molar-refractivity contribution in [3.63, 3.8) is 0 Å². The normalized spacial score (nSPS) is 15.1. The van der Waals surface area contributed by atoms with Crippen molar-refractivity contribution in [1.82, 2.24) is 0 Å². The number of carbonyl (C=O) groups is 4. The Balaban J connectivity index is 3.29. The number of carboxylic acid groups (broad SMARTS) is 3. The zero-order valence-corrected chi connectivity index (χ0v) is 10.7. The minimum Gasteiger partial charge on any atom is -0.481 e. The summed E-state index contributed by atoms with van der Waals surface area (Å²) in [5.74, 6) is -9.29. The van der Waals surface area contributed by atoms with Gasteiger partial charge in [0.15, 0.2) is 17.3 Å². The van der Waals surface area contributed by atoms with Crippen LogP contribution < -0.4 is 0 Å². The van der Waals surface area contributed by atoms with Gasteiger partial charge >= 0.3 is 17.9 Å². The van der Waals surface area contributed by atoms with Gasteiger partial charge in [-0.2, -0.15) is 0 Å². The van der Waals surface area contributed by atoms with Crippen molar-refractivity contribution in [2.75, 3.05) is 0 Å². The first-order valence-electron chi connectivity index (χ1n) is 5.18. The van der Waals surface area contributed by atoms with Gasteiger partial charge in [-0.15, -0.1) is 11.3 Å². The van der Waals surface area contributed by atoms with Crippen LogP contribution in [-0.4, -0.2) is 49.7 Å². The van der Waals surface area contributed by atoms with E-state index in [1.54, 1.807) is 0 Å².